The van der Waals surface area contributed by atoms with Crippen molar-refractivity contribution in [2.24, 2.45) is 0 Å². The van der Waals surface area contributed by atoms with Crippen molar-refractivity contribution >= 4 is 15.3 Å². The SMILES string of the molecule is CCCCC[P+](=O)[O-].F[B-](F)(F)F. The summed E-state index contributed by atoms with van der Waals surface area (Å²) in [5.41, 5.74) is 0. The molecule has 0 spiro atoms. The van der Waals surface area contributed by atoms with Crippen LogP contribution in [0.4, 0.5) is 17.3 Å². The van der Waals surface area contributed by atoms with Gasteiger partial charge in [0, 0.05) is 0 Å². The zero-order chi connectivity index (χ0) is 10.9. The first-order valence-corrected chi connectivity index (χ1v) is 5.12. The van der Waals surface area contributed by atoms with Crippen molar-refractivity contribution in [2.75, 3.05) is 6.16 Å². The van der Waals surface area contributed by atoms with Crippen LogP contribution in [0.25, 0.3) is 0 Å². The van der Waals surface area contributed by atoms with Gasteiger partial charge in [-0.3, -0.25) is 0 Å². The van der Waals surface area contributed by atoms with Gasteiger partial charge < -0.3 is 22.2 Å². The molecule has 0 fully saturated rings. The van der Waals surface area contributed by atoms with Crippen LogP contribution in [0, 0.1) is 0 Å². The smallest absolute Gasteiger partial charge is 0.596 e. The van der Waals surface area contributed by atoms with Crippen LogP contribution in [-0.4, -0.2) is 13.4 Å². The van der Waals surface area contributed by atoms with E-state index in [2.05, 4.69) is 6.92 Å². The normalized spacial score (nSPS) is 11.7. The Kier molecular flexibility index (Phi) is 9.95. The van der Waals surface area contributed by atoms with Gasteiger partial charge in [0.15, 0.2) is 0 Å². The third kappa shape index (κ3) is 48.9. The molecule has 0 saturated heterocycles. The molecule has 0 amide bonds. The third-order valence-corrected chi connectivity index (χ3v) is 1.63. The predicted octanol–water partition coefficient (Wildman–Crippen LogP) is 2.58. The Balaban J connectivity index is 0. The van der Waals surface area contributed by atoms with Crippen molar-refractivity contribution in [1.29, 1.82) is 0 Å². The lowest BCUT2D eigenvalue weighted by Crippen LogP contribution is -2.02. The Morgan fingerprint density at radius 3 is 1.85 bits per heavy atom. The highest BCUT2D eigenvalue weighted by Gasteiger charge is 2.20. The molecule has 0 aliphatic rings. The van der Waals surface area contributed by atoms with Gasteiger partial charge in [-0.05, 0) is 12.8 Å². The number of hydrogen-bond donors (Lipinski definition) is 0. The second kappa shape index (κ2) is 8.44. The van der Waals surface area contributed by atoms with Gasteiger partial charge in [0.2, 0.25) is 0 Å². The van der Waals surface area contributed by atoms with Crippen LogP contribution in [0.1, 0.15) is 26.2 Å². The lowest BCUT2D eigenvalue weighted by molar-refractivity contribution is -0.164. The highest BCUT2D eigenvalue weighted by Crippen LogP contribution is 2.10. The van der Waals surface area contributed by atoms with E-state index in [1.807, 2.05) is 0 Å². The first-order valence-electron chi connectivity index (χ1n) is 3.76. The summed E-state index contributed by atoms with van der Waals surface area (Å²) >= 11 is 0. The molecule has 0 aromatic heterocycles. The quantitative estimate of drug-likeness (QED) is 0.316. The van der Waals surface area contributed by atoms with E-state index in [9.17, 15) is 26.7 Å². The summed E-state index contributed by atoms with van der Waals surface area (Å²) in [7, 11) is -8.11. The average molecular weight is 221 g/mol. The Morgan fingerprint density at radius 2 is 1.62 bits per heavy atom. The molecule has 0 aliphatic heterocycles. The fourth-order valence-corrected chi connectivity index (χ4v) is 0.973. The zero-order valence-corrected chi connectivity index (χ0v) is 8.08. The summed E-state index contributed by atoms with van der Waals surface area (Å²) in [5.74, 6) is 0. The summed E-state index contributed by atoms with van der Waals surface area (Å²) < 4.78 is 48.9. The Morgan fingerprint density at radius 1 is 1.23 bits per heavy atom. The molecule has 8 heteroatoms. The largest absolute Gasteiger partial charge is 0.673 e. The highest BCUT2D eigenvalue weighted by molar-refractivity contribution is 7.36. The summed E-state index contributed by atoms with van der Waals surface area (Å²) in [4.78, 5) is 9.91. The zero-order valence-electron chi connectivity index (χ0n) is 7.18. The topological polar surface area (TPSA) is 40.1 Å². The van der Waals surface area contributed by atoms with Gasteiger partial charge in [-0.25, -0.2) is 0 Å². The Hall–Kier alpha value is -0.155. The minimum Gasteiger partial charge on any atom is -0.596 e. The lowest BCUT2D eigenvalue weighted by atomic mass is 10.3. The molecule has 0 aliphatic carbocycles. The monoisotopic (exact) mass is 221 g/mol. The van der Waals surface area contributed by atoms with E-state index in [4.69, 9.17) is 0 Å². The minimum absolute atomic E-state index is 0.364. The van der Waals surface area contributed by atoms with E-state index in [0.717, 1.165) is 19.3 Å². The van der Waals surface area contributed by atoms with Crippen LogP contribution in [0.3, 0.4) is 0 Å². The number of halogens is 4. The second-order valence-electron chi connectivity index (χ2n) is 2.26. The number of unbranched alkanes of at least 4 members (excludes halogenated alkanes) is 2. The standard InChI is InChI=1S/C5H11O2P.BF4/c1-2-3-4-5-8(6)7;2-1(3,4)5/h2-5H2,1H3;/q;-1. The van der Waals surface area contributed by atoms with Crippen LogP contribution in [0.15, 0.2) is 0 Å². The minimum atomic E-state index is -6.00. The molecule has 0 aromatic carbocycles. The molecule has 1 atom stereocenters. The molecule has 80 valence electrons. The van der Waals surface area contributed by atoms with Gasteiger partial charge in [-0.2, -0.15) is 0 Å². The number of rotatable bonds is 4. The summed E-state index contributed by atoms with van der Waals surface area (Å²) in [5, 5.41) is 0. The molecule has 0 heterocycles. The van der Waals surface area contributed by atoms with Crippen LogP contribution in [0.5, 0.6) is 0 Å². The number of hydrogen-bond acceptors (Lipinski definition) is 2. The van der Waals surface area contributed by atoms with Crippen molar-refractivity contribution in [2.45, 2.75) is 26.2 Å². The van der Waals surface area contributed by atoms with E-state index >= 15 is 0 Å². The van der Waals surface area contributed by atoms with Gasteiger partial charge in [-0.1, -0.05) is 17.9 Å². The molecule has 0 radical (unpaired) electrons. The summed E-state index contributed by atoms with van der Waals surface area (Å²) in [6.07, 6.45) is 3.31. The van der Waals surface area contributed by atoms with Crippen LogP contribution < -0.4 is 4.89 Å². The molecule has 0 saturated carbocycles. The molecule has 1 unspecified atom stereocenters. The maximum atomic E-state index is 9.91. The van der Waals surface area contributed by atoms with E-state index in [1.165, 1.54) is 0 Å². The van der Waals surface area contributed by atoms with Crippen molar-refractivity contribution in [3.63, 3.8) is 0 Å². The molecular formula is C5H11BF4O2P-. The molecule has 0 N–H and O–H groups in total. The fraction of sp³-hybridized carbons (Fsp3) is 1.00. The van der Waals surface area contributed by atoms with E-state index in [0.29, 0.717) is 6.16 Å². The van der Waals surface area contributed by atoms with Crippen LogP contribution in [-0.2, 0) is 4.57 Å². The van der Waals surface area contributed by atoms with E-state index < -0.39 is 15.3 Å². The maximum absolute atomic E-state index is 9.91. The highest BCUT2D eigenvalue weighted by atomic mass is 31.1. The molecule has 0 aromatic rings. The summed E-state index contributed by atoms with van der Waals surface area (Å²) in [6, 6.07) is 0. The first kappa shape index (κ1) is 15.3. The Labute approximate surface area is 75.3 Å². The van der Waals surface area contributed by atoms with Crippen molar-refractivity contribution in [3.05, 3.63) is 0 Å². The van der Waals surface area contributed by atoms with Crippen LogP contribution >= 0.6 is 8.03 Å². The molecule has 0 rings (SSSR count). The first-order chi connectivity index (χ1) is 5.77. The lowest BCUT2D eigenvalue weighted by Gasteiger charge is -1.94. The third-order valence-electron chi connectivity index (χ3n) is 0.944. The van der Waals surface area contributed by atoms with Gasteiger partial charge in [0.05, 0.1) is 0 Å². The molecule has 2 nitrogen and oxygen atoms in total. The van der Waals surface area contributed by atoms with Crippen molar-refractivity contribution in [1.82, 2.24) is 0 Å². The van der Waals surface area contributed by atoms with Gasteiger partial charge in [-0.15, -0.1) is 0 Å². The van der Waals surface area contributed by atoms with Gasteiger partial charge in [0.25, 0.3) is 0 Å². The molecule has 0 bridgehead atoms. The predicted molar refractivity (Wildman–Crippen MR) is 42.2 cm³/mol. The molecule has 13 heavy (non-hydrogen) atoms. The van der Waals surface area contributed by atoms with Crippen molar-refractivity contribution in [3.8, 4) is 0 Å². The average Bonchev–Trinajstić information content (AvgIpc) is 1.83. The van der Waals surface area contributed by atoms with Gasteiger partial charge in [0.1, 0.15) is 6.16 Å². The van der Waals surface area contributed by atoms with Gasteiger partial charge >= 0.3 is 15.3 Å². The van der Waals surface area contributed by atoms with Crippen molar-refractivity contribution < 1.29 is 26.7 Å². The van der Waals surface area contributed by atoms with E-state index in [1.54, 1.807) is 0 Å². The second-order valence-corrected chi connectivity index (χ2v) is 3.37. The van der Waals surface area contributed by atoms with E-state index in [-0.39, 0.29) is 0 Å². The summed E-state index contributed by atoms with van der Waals surface area (Å²) in [6.45, 7) is 2.05. The Bertz CT molecular complexity index is 135. The molecular weight excluding hydrogens is 210 g/mol. The van der Waals surface area contributed by atoms with Crippen LogP contribution in [0.2, 0.25) is 0 Å². The fourth-order valence-electron chi connectivity index (χ4n) is 0.491. The maximum Gasteiger partial charge on any atom is 0.673 e.